The number of hydrogen-bond acceptors (Lipinski definition) is 7. The summed E-state index contributed by atoms with van der Waals surface area (Å²) in [4.78, 5) is 34.2. The summed E-state index contributed by atoms with van der Waals surface area (Å²) >= 11 is 0. The molecule has 1 aromatic carbocycles. The monoisotopic (exact) mass is 442 g/mol. The van der Waals surface area contributed by atoms with Gasteiger partial charge in [-0.3, -0.25) is 4.79 Å². The molecule has 1 saturated carbocycles. The first kappa shape index (κ1) is 20.9. The predicted molar refractivity (Wildman–Crippen MR) is 127 cm³/mol. The molecule has 1 unspecified atom stereocenters. The Morgan fingerprint density at radius 2 is 2.06 bits per heavy atom. The van der Waals surface area contributed by atoms with Gasteiger partial charge in [-0.15, -0.1) is 0 Å². The zero-order valence-corrected chi connectivity index (χ0v) is 18.6. The van der Waals surface area contributed by atoms with Gasteiger partial charge in [-0.25, -0.2) is 19.9 Å². The lowest BCUT2D eigenvalue weighted by atomic mass is 10.0. The summed E-state index contributed by atoms with van der Waals surface area (Å²) in [6.45, 7) is 1.75. The maximum atomic E-state index is 13.2. The number of aromatic nitrogens is 5. The molecule has 0 bridgehead atoms. The Bertz CT molecular complexity index is 1330. The van der Waals surface area contributed by atoms with E-state index in [1.54, 1.807) is 6.92 Å². The van der Waals surface area contributed by atoms with Crippen molar-refractivity contribution in [1.29, 1.82) is 0 Å². The molecule has 5 rings (SSSR count). The van der Waals surface area contributed by atoms with Gasteiger partial charge in [0.1, 0.15) is 11.6 Å². The summed E-state index contributed by atoms with van der Waals surface area (Å²) in [5.41, 5.74) is 9.50. The minimum atomic E-state index is -0.374. The first-order valence-corrected chi connectivity index (χ1v) is 11.0. The molecule has 3 aromatic heterocycles. The molecule has 5 N–H and O–H groups in total. The molecule has 1 amide bonds. The van der Waals surface area contributed by atoms with Gasteiger partial charge in [-0.2, -0.15) is 0 Å². The second kappa shape index (κ2) is 8.50. The average Bonchev–Trinajstić information content (AvgIpc) is 3.59. The van der Waals surface area contributed by atoms with Crippen LogP contribution < -0.4 is 16.4 Å². The van der Waals surface area contributed by atoms with Gasteiger partial charge < -0.3 is 21.4 Å². The van der Waals surface area contributed by atoms with Crippen molar-refractivity contribution in [3.8, 4) is 0 Å². The summed E-state index contributed by atoms with van der Waals surface area (Å²) in [5.74, 6) is 1.82. The summed E-state index contributed by atoms with van der Waals surface area (Å²) in [6, 6.07) is 9.65. The number of H-pyrrole nitrogens is 1. The molecule has 1 aliphatic carbocycles. The Balaban J connectivity index is 1.53. The van der Waals surface area contributed by atoms with E-state index in [2.05, 4.69) is 36.6 Å². The molecular weight excluding hydrogens is 416 g/mol. The van der Waals surface area contributed by atoms with Gasteiger partial charge in [-0.05, 0) is 31.4 Å². The number of aryl methyl sites for hydroxylation is 1. The van der Waals surface area contributed by atoms with E-state index in [9.17, 15) is 4.79 Å². The lowest BCUT2D eigenvalue weighted by Crippen LogP contribution is -2.32. The van der Waals surface area contributed by atoms with E-state index in [0.29, 0.717) is 23.6 Å². The summed E-state index contributed by atoms with van der Waals surface area (Å²) in [6.07, 6.45) is 6.20. The Labute approximate surface area is 191 Å². The standard InChI is InChI=1S/C24H26N8O/c1-13-17(12-28-24(25)29-13)23(33)31-19(9-15-11-27-18-6-4-3-5-16(15)18)20-10-21(26-2)32-22(30-20)14-7-8-14/h3-6,10-12,14,19,27H,7-9H2,1-2H3,(H,31,33)(H2,25,28,29)(H,26,30,32). The van der Waals surface area contributed by atoms with E-state index < -0.39 is 0 Å². The molecule has 33 heavy (non-hydrogen) atoms. The number of rotatable bonds is 7. The summed E-state index contributed by atoms with van der Waals surface area (Å²) in [5, 5.41) is 7.41. The Morgan fingerprint density at radius 3 is 2.82 bits per heavy atom. The van der Waals surface area contributed by atoms with E-state index in [0.717, 1.165) is 46.6 Å². The van der Waals surface area contributed by atoms with Crippen LogP contribution in [0.2, 0.25) is 0 Å². The molecule has 1 fully saturated rings. The van der Waals surface area contributed by atoms with Crippen LogP contribution in [0.4, 0.5) is 11.8 Å². The number of benzene rings is 1. The minimum absolute atomic E-state index is 0.142. The van der Waals surface area contributed by atoms with Crippen molar-refractivity contribution in [2.75, 3.05) is 18.1 Å². The topological polar surface area (TPSA) is 134 Å². The van der Waals surface area contributed by atoms with E-state index in [4.69, 9.17) is 10.7 Å². The molecule has 0 saturated heterocycles. The van der Waals surface area contributed by atoms with Gasteiger partial charge in [0.15, 0.2) is 0 Å². The Hall–Kier alpha value is -4.01. The zero-order chi connectivity index (χ0) is 22.9. The van der Waals surface area contributed by atoms with Crippen molar-refractivity contribution in [2.24, 2.45) is 0 Å². The van der Waals surface area contributed by atoms with Crippen LogP contribution in [-0.4, -0.2) is 37.9 Å². The Morgan fingerprint density at radius 1 is 1.24 bits per heavy atom. The van der Waals surface area contributed by atoms with Crippen LogP contribution >= 0.6 is 0 Å². The third-order valence-corrected chi connectivity index (χ3v) is 5.97. The number of carbonyl (C=O) groups is 1. The van der Waals surface area contributed by atoms with Gasteiger partial charge >= 0.3 is 0 Å². The molecule has 168 valence electrons. The van der Waals surface area contributed by atoms with Crippen molar-refractivity contribution < 1.29 is 4.79 Å². The summed E-state index contributed by atoms with van der Waals surface area (Å²) < 4.78 is 0. The molecule has 9 heteroatoms. The van der Waals surface area contributed by atoms with Crippen molar-refractivity contribution >= 4 is 28.6 Å². The van der Waals surface area contributed by atoms with E-state index in [1.807, 2.05) is 37.5 Å². The van der Waals surface area contributed by atoms with Crippen molar-refractivity contribution in [1.82, 2.24) is 30.2 Å². The summed E-state index contributed by atoms with van der Waals surface area (Å²) in [7, 11) is 1.84. The molecular formula is C24H26N8O. The average molecular weight is 443 g/mol. The quantitative estimate of drug-likeness (QED) is 0.345. The van der Waals surface area contributed by atoms with Crippen LogP contribution in [0.5, 0.6) is 0 Å². The number of aromatic amines is 1. The highest BCUT2D eigenvalue weighted by Crippen LogP contribution is 2.39. The normalized spacial score (nSPS) is 14.2. The predicted octanol–water partition coefficient (Wildman–Crippen LogP) is 3.27. The third-order valence-electron chi connectivity index (χ3n) is 5.97. The fraction of sp³-hybridized carbons (Fsp3) is 0.292. The number of nitrogens with one attached hydrogen (secondary N) is 3. The first-order chi connectivity index (χ1) is 16.0. The fourth-order valence-corrected chi connectivity index (χ4v) is 4.01. The molecule has 0 radical (unpaired) electrons. The van der Waals surface area contributed by atoms with Crippen LogP contribution in [0.1, 0.15) is 57.9 Å². The first-order valence-electron chi connectivity index (χ1n) is 11.0. The van der Waals surface area contributed by atoms with Crippen molar-refractivity contribution in [3.63, 3.8) is 0 Å². The van der Waals surface area contributed by atoms with Crippen LogP contribution in [0.25, 0.3) is 10.9 Å². The van der Waals surface area contributed by atoms with Crippen LogP contribution in [-0.2, 0) is 6.42 Å². The molecule has 1 aliphatic rings. The van der Waals surface area contributed by atoms with Crippen molar-refractivity contribution in [3.05, 3.63) is 71.1 Å². The van der Waals surface area contributed by atoms with Gasteiger partial charge in [-0.1, -0.05) is 18.2 Å². The smallest absolute Gasteiger partial charge is 0.255 e. The number of anilines is 2. The number of carbonyl (C=O) groups excluding carboxylic acids is 1. The minimum Gasteiger partial charge on any atom is -0.373 e. The number of amides is 1. The van der Waals surface area contributed by atoms with Crippen molar-refractivity contribution in [2.45, 2.75) is 38.1 Å². The fourth-order valence-electron chi connectivity index (χ4n) is 4.01. The number of nitrogens with zero attached hydrogens (tertiary/aromatic N) is 4. The lowest BCUT2D eigenvalue weighted by Gasteiger charge is -2.20. The highest BCUT2D eigenvalue weighted by Gasteiger charge is 2.29. The molecule has 9 nitrogen and oxygen atoms in total. The zero-order valence-electron chi connectivity index (χ0n) is 18.6. The number of fused-ring (bicyclic) bond motifs is 1. The molecule has 1 atom stereocenters. The molecule has 4 aromatic rings. The van der Waals surface area contributed by atoms with Crippen LogP contribution in [0, 0.1) is 6.92 Å². The maximum Gasteiger partial charge on any atom is 0.255 e. The van der Waals surface area contributed by atoms with E-state index >= 15 is 0 Å². The highest BCUT2D eigenvalue weighted by atomic mass is 16.1. The second-order valence-electron chi connectivity index (χ2n) is 8.38. The van der Waals surface area contributed by atoms with E-state index in [1.165, 1.54) is 6.20 Å². The lowest BCUT2D eigenvalue weighted by molar-refractivity contribution is 0.0934. The molecule has 3 heterocycles. The van der Waals surface area contributed by atoms with Crippen LogP contribution in [0.15, 0.2) is 42.7 Å². The van der Waals surface area contributed by atoms with E-state index in [-0.39, 0.29) is 17.9 Å². The SMILES string of the molecule is CNc1cc(C(Cc2c[nH]c3ccccc23)NC(=O)c2cnc(N)nc2C)nc(C2CC2)n1. The van der Waals surface area contributed by atoms with Gasteiger partial charge in [0.2, 0.25) is 5.95 Å². The highest BCUT2D eigenvalue weighted by molar-refractivity contribution is 5.95. The largest absolute Gasteiger partial charge is 0.373 e. The number of nitrogens with two attached hydrogens (primary N) is 1. The number of para-hydroxylation sites is 1. The van der Waals surface area contributed by atoms with Crippen LogP contribution in [0.3, 0.4) is 0 Å². The second-order valence-corrected chi connectivity index (χ2v) is 8.38. The van der Waals surface area contributed by atoms with Gasteiger partial charge in [0.05, 0.1) is 23.0 Å². The molecule has 0 aliphatic heterocycles. The third kappa shape index (κ3) is 4.34. The van der Waals surface area contributed by atoms with Gasteiger partial charge in [0.25, 0.3) is 5.91 Å². The van der Waals surface area contributed by atoms with Gasteiger partial charge in [0, 0.05) is 48.7 Å². The number of nitrogen functional groups attached to an aromatic ring is 1. The Kier molecular flexibility index (Phi) is 5.37. The maximum absolute atomic E-state index is 13.2. The molecule has 0 spiro atoms. The number of hydrogen-bond donors (Lipinski definition) is 4.